The van der Waals surface area contributed by atoms with E-state index in [9.17, 15) is 9.59 Å². The SMILES string of the molecule is CC(C)(C)c1ccc2c(c1)N(CC(=O)N1CCC3(CC1)OCCO3)C(=O)/C(=C\c1ccc(Cl)cc1)O2. The summed E-state index contributed by atoms with van der Waals surface area (Å²) in [7, 11) is 0. The van der Waals surface area contributed by atoms with Crippen LogP contribution in [0, 0.1) is 0 Å². The summed E-state index contributed by atoms with van der Waals surface area (Å²) >= 11 is 6.01. The van der Waals surface area contributed by atoms with Gasteiger partial charge in [0, 0.05) is 31.0 Å². The zero-order valence-electron chi connectivity index (χ0n) is 20.9. The second-order valence-corrected chi connectivity index (χ2v) is 10.9. The molecule has 0 aromatic heterocycles. The van der Waals surface area contributed by atoms with Gasteiger partial charge in [-0.15, -0.1) is 0 Å². The fourth-order valence-electron chi connectivity index (χ4n) is 4.76. The molecule has 2 saturated heterocycles. The van der Waals surface area contributed by atoms with Crippen LogP contribution < -0.4 is 9.64 Å². The third-order valence-electron chi connectivity index (χ3n) is 6.94. The van der Waals surface area contributed by atoms with E-state index in [0.29, 0.717) is 55.6 Å². The summed E-state index contributed by atoms with van der Waals surface area (Å²) in [6.45, 7) is 8.49. The van der Waals surface area contributed by atoms with Crippen LogP contribution in [-0.2, 0) is 24.5 Å². The molecule has 0 N–H and O–H groups in total. The van der Waals surface area contributed by atoms with Gasteiger partial charge in [-0.3, -0.25) is 14.5 Å². The predicted molar refractivity (Wildman–Crippen MR) is 138 cm³/mol. The number of carbonyl (C=O) groups excluding carboxylic acids is 2. The number of carbonyl (C=O) groups is 2. The molecule has 2 aromatic carbocycles. The molecule has 0 atom stereocenters. The van der Waals surface area contributed by atoms with Crippen molar-refractivity contribution in [3.8, 4) is 5.75 Å². The van der Waals surface area contributed by atoms with Crippen LogP contribution in [-0.4, -0.2) is 55.3 Å². The summed E-state index contributed by atoms with van der Waals surface area (Å²) in [6, 6.07) is 13.0. The van der Waals surface area contributed by atoms with Crippen LogP contribution in [0.5, 0.6) is 5.75 Å². The first kappa shape index (κ1) is 24.8. The number of anilines is 1. The Hall–Kier alpha value is -2.87. The van der Waals surface area contributed by atoms with E-state index in [1.165, 1.54) is 4.90 Å². The number of halogens is 1. The van der Waals surface area contributed by atoms with Crippen LogP contribution in [0.3, 0.4) is 0 Å². The van der Waals surface area contributed by atoms with Gasteiger partial charge < -0.3 is 19.1 Å². The van der Waals surface area contributed by atoms with Crippen LogP contribution in [0.15, 0.2) is 48.2 Å². The summed E-state index contributed by atoms with van der Waals surface area (Å²) in [5.74, 6) is -0.329. The van der Waals surface area contributed by atoms with E-state index in [-0.39, 0.29) is 29.5 Å². The van der Waals surface area contributed by atoms with Crippen molar-refractivity contribution in [3.05, 3.63) is 64.4 Å². The second-order valence-electron chi connectivity index (χ2n) is 10.5. The molecule has 1 spiro atoms. The number of fused-ring (bicyclic) bond motifs is 1. The quantitative estimate of drug-likeness (QED) is 0.556. The lowest BCUT2D eigenvalue weighted by Gasteiger charge is -2.39. The van der Waals surface area contributed by atoms with Crippen molar-refractivity contribution in [1.82, 2.24) is 4.90 Å². The van der Waals surface area contributed by atoms with Crippen molar-refractivity contribution in [3.63, 3.8) is 0 Å². The van der Waals surface area contributed by atoms with Gasteiger partial charge >= 0.3 is 0 Å². The molecule has 2 amide bonds. The zero-order chi connectivity index (χ0) is 25.5. The maximum atomic E-state index is 13.6. The maximum Gasteiger partial charge on any atom is 0.294 e. The Bertz CT molecular complexity index is 1190. The monoisotopic (exact) mass is 510 g/mol. The van der Waals surface area contributed by atoms with E-state index in [1.807, 2.05) is 30.3 Å². The Morgan fingerprint density at radius 1 is 1.06 bits per heavy atom. The molecular weight excluding hydrogens is 480 g/mol. The molecule has 7 nitrogen and oxygen atoms in total. The molecule has 0 bridgehead atoms. The minimum absolute atomic E-state index is 0.0739. The standard InChI is InChI=1S/C28H31ClN2O5/c1-27(2,3)20-6-9-23-22(17-20)31(26(33)24(36-23)16-19-4-7-21(29)8-5-19)18-25(32)30-12-10-28(11-13-30)34-14-15-35-28/h4-9,16-17H,10-15,18H2,1-3H3/b24-16+. The number of nitrogens with zero attached hydrogens (tertiary/aromatic N) is 2. The number of ether oxygens (including phenoxy) is 3. The van der Waals surface area contributed by atoms with E-state index in [1.54, 1.807) is 23.1 Å². The first-order valence-corrected chi connectivity index (χ1v) is 12.7. The van der Waals surface area contributed by atoms with E-state index < -0.39 is 5.79 Å². The van der Waals surface area contributed by atoms with Gasteiger partial charge in [0.15, 0.2) is 17.3 Å². The number of amides is 2. The molecule has 5 rings (SSSR count). The summed E-state index contributed by atoms with van der Waals surface area (Å²) < 4.78 is 17.6. The van der Waals surface area contributed by atoms with E-state index in [0.717, 1.165) is 11.1 Å². The van der Waals surface area contributed by atoms with Crippen LogP contribution >= 0.6 is 11.6 Å². The molecule has 0 radical (unpaired) electrons. The highest BCUT2D eigenvalue weighted by Crippen LogP contribution is 2.39. The van der Waals surface area contributed by atoms with Gasteiger partial charge in [-0.05, 0) is 46.9 Å². The van der Waals surface area contributed by atoms with Gasteiger partial charge in [-0.1, -0.05) is 50.6 Å². The van der Waals surface area contributed by atoms with Crippen molar-refractivity contribution in [2.24, 2.45) is 0 Å². The van der Waals surface area contributed by atoms with E-state index >= 15 is 0 Å². The first-order chi connectivity index (χ1) is 17.1. The zero-order valence-corrected chi connectivity index (χ0v) is 21.6. The molecule has 0 saturated carbocycles. The number of likely N-dealkylation sites (tertiary alicyclic amines) is 1. The highest BCUT2D eigenvalue weighted by Gasteiger charge is 2.41. The fourth-order valence-corrected chi connectivity index (χ4v) is 4.89. The average molecular weight is 511 g/mol. The molecule has 0 aliphatic carbocycles. The maximum absolute atomic E-state index is 13.6. The predicted octanol–water partition coefficient (Wildman–Crippen LogP) is 4.77. The fraction of sp³-hybridized carbons (Fsp3) is 0.429. The van der Waals surface area contributed by atoms with Gasteiger partial charge in [0.2, 0.25) is 5.91 Å². The second kappa shape index (κ2) is 9.54. The summed E-state index contributed by atoms with van der Waals surface area (Å²) in [6.07, 6.45) is 2.93. The van der Waals surface area contributed by atoms with Gasteiger partial charge in [0.05, 0.1) is 18.9 Å². The number of hydrogen-bond acceptors (Lipinski definition) is 5. The molecule has 2 fully saturated rings. The lowest BCUT2D eigenvalue weighted by molar-refractivity contribution is -0.187. The highest BCUT2D eigenvalue weighted by atomic mass is 35.5. The van der Waals surface area contributed by atoms with Crippen LogP contribution in [0.1, 0.15) is 44.7 Å². The lowest BCUT2D eigenvalue weighted by Crippen LogP contribution is -2.51. The van der Waals surface area contributed by atoms with Crippen molar-refractivity contribution < 1.29 is 23.8 Å². The topological polar surface area (TPSA) is 68.3 Å². The molecule has 190 valence electrons. The largest absolute Gasteiger partial charge is 0.449 e. The number of hydrogen-bond donors (Lipinski definition) is 0. The molecule has 8 heteroatoms. The van der Waals surface area contributed by atoms with E-state index in [2.05, 4.69) is 20.8 Å². The molecule has 36 heavy (non-hydrogen) atoms. The summed E-state index contributed by atoms with van der Waals surface area (Å²) in [4.78, 5) is 30.3. The molecular formula is C28H31ClN2O5. The van der Waals surface area contributed by atoms with Crippen molar-refractivity contribution in [1.29, 1.82) is 0 Å². The number of benzene rings is 2. The van der Waals surface area contributed by atoms with Gasteiger partial charge in [-0.25, -0.2) is 0 Å². The van der Waals surface area contributed by atoms with Crippen molar-refractivity contribution in [2.45, 2.75) is 44.8 Å². The molecule has 3 heterocycles. The molecule has 3 aliphatic rings. The number of piperidine rings is 1. The Kier molecular flexibility index (Phi) is 6.57. The Labute approximate surface area is 216 Å². The van der Waals surface area contributed by atoms with Gasteiger partial charge in [-0.2, -0.15) is 0 Å². The van der Waals surface area contributed by atoms with Crippen molar-refractivity contribution >= 4 is 35.2 Å². The van der Waals surface area contributed by atoms with Gasteiger partial charge in [0.25, 0.3) is 5.91 Å². The minimum Gasteiger partial charge on any atom is -0.449 e. The summed E-state index contributed by atoms with van der Waals surface area (Å²) in [5.41, 5.74) is 2.30. The van der Waals surface area contributed by atoms with E-state index in [4.69, 9.17) is 25.8 Å². The van der Waals surface area contributed by atoms with Crippen LogP contribution in [0.2, 0.25) is 5.02 Å². The first-order valence-electron chi connectivity index (χ1n) is 12.3. The van der Waals surface area contributed by atoms with Crippen LogP contribution in [0.25, 0.3) is 6.08 Å². The molecule has 2 aromatic rings. The Balaban J connectivity index is 1.43. The van der Waals surface area contributed by atoms with Crippen LogP contribution in [0.4, 0.5) is 5.69 Å². The third-order valence-corrected chi connectivity index (χ3v) is 7.20. The summed E-state index contributed by atoms with van der Waals surface area (Å²) in [5, 5.41) is 0.608. The molecule has 3 aliphatic heterocycles. The highest BCUT2D eigenvalue weighted by molar-refractivity contribution is 6.30. The Morgan fingerprint density at radius 3 is 2.36 bits per heavy atom. The smallest absolute Gasteiger partial charge is 0.294 e. The minimum atomic E-state index is -0.561. The van der Waals surface area contributed by atoms with Crippen molar-refractivity contribution in [2.75, 3.05) is 37.7 Å². The Morgan fingerprint density at radius 2 is 1.72 bits per heavy atom. The van der Waals surface area contributed by atoms with Gasteiger partial charge in [0.1, 0.15) is 6.54 Å². The lowest BCUT2D eigenvalue weighted by atomic mass is 9.86. The normalized spacial score (nSPS) is 20.6. The molecule has 0 unspecified atom stereocenters. The number of rotatable bonds is 3. The third kappa shape index (κ3) is 5.01. The average Bonchev–Trinajstić information content (AvgIpc) is 3.30.